The molecule has 4 heteroatoms. The van der Waals surface area contributed by atoms with Crippen molar-refractivity contribution >= 4 is 17.7 Å². The maximum atomic E-state index is 12.2. The van der Waals surface area contributed by atoms with Gasteiger partial charge in [-0.2, -0.15) is 11.8 Å². The van der Waals surface area contributed by atoms with Crippen LogP contribution in [-0.2, 0) is 10.5 Å². The first-order valence-electron chi connectivity index (χ1n) is 8.60. The number of carbonyl (C=O) groups is 1. The summed E-state index contributed by atoms with van der Waals surface area (Å²) >= 11 is 1.82. The van der Waals surface area contributed by atoms with Gasteiger partial charge in [0.05, 0.1) is 0 Å². The van der Waals surface area contributed by atoms with Gasteiger partial charge in [-0.3, -0.25) is 4.79 Å². The molecule has 134 valence electrons. The van der Waals surface area contributed by atoms with Crippen LogP contribution in [0.5, 0.6) is 5.75 Å². The average Bonchev–Trinajstić information content (AvgIpc) is 2.59. The molecule has 0 saturated heterocycles. The Labute approximate surface area is 155 Å². The zero-order valence-corrected chi connectivity index (χ0v) is 16.3. The van der Waals surface area contributed by atoms with Crippen molar-refractivity contribution in [2.45, 2.75) is 39.6 Å². The van der Waals surface area contributed by atoms with Crippen molar-refractivity contribution in [2.75, 3.05) is 12.3 Å². The second-order valence-corrected chi connectivity index (χ2v) is 7.46. The number of ether oxygens (including phenoxy) is 1. The second-order valence-electron chi connectivity index (χ2n) is 6.36. The van der Waals surface area contributed by atoms with Crippen LogP contribution in [0, 0.1) is 20.8 Å². The molecule has 0 heterocycles. The Morgan fingerprint density at radius 1 is 1.08 bits per heavy atom. The van der Waals surface area contributed by atoms with E-state index in [1.165, 1.54) is 11.1 Å². The van der Waals surface area contributed by atoms with E-state index in [2.05, 4.69) is 36.5 Å². The minimum atomic E-state index is -0.498. The molecular weight excluding hydrogens is 330 g/mol. The summed E-state index contributed by atoms with van der Waals surface area (Å²) in [5.74, 6) is 2.55. The molecule has 0 unspecified atom stereocenters. The Kier molecular flexibility index (Phi) is 7.38. The Morgan fingerprint density at radius 3 is 2.48 bits per heavy atom. The number of carbonyl (C=O) groups excluding carboxylic acids is 1. The minimum absolute atomic E-state index is 0.0724. The van der Waals surface area contributed by atoms with Crippen LogP contribution in [0.1, 0.15) is 29.2 Å². The van der Waals surface area contributed by atoms with E-state index in [0.29, 0.717) is 6.54 Å². The van der Waals surface area contributed by atoms with Crippen molar-refractivity contribution < 1.29 is 9.53 Å². The summed E-state index contributed by atoms with van der Waals surface area (Å²) in [7, 11) is 0. The summed E-state index contributed by atoms with van der Waals surface area (Å²) in [6, 6.07) is 14.6. The predicted octanol–water partition coefficient (Wildman–Crippen LogP) is 4.43. The number of hydrogen-bond donors (Lipinski definition) is 1. The van der Waals surface area contributed by atoms with Crippen molar-refractivity contribution in [3.8, 4) is 5.75 Å². The number of amides is 1. The van der Waals surface area contributed by atoms with E-state index in [1.807, 2.05) is 43.8 Å². The lowest BCUT2D eigenvalue weighted by atomic mass is 10.1. The molecule has 3 nitrogen and oxygen atoms in total. The number of nitrogens with one attached hydrogen (secondary N) is 1. The standard InChI is InChI=1S/C21H27NO2S/c1-15-6-9-19(10-7-15)14-25-12-11-22-21(23)18(4)24-20-13-16(2)5-8-17(20)3/h5-10,13,18H,11-12,14H2,1-4H3,(H,22,23)/t18-/m1/s1. The van der Waals surface area contributed by atoms with Crippen molar-refractivity contribution in [1.82, 2.24) is 5.32 Å². The van der Waals surface area contributed by atoms with E-state index < -0.39 is 6.10 Å². The van der Waals surface area contributed by atoms with Crippen LogP contribution in [0.4, 0.5) is 0 Å². The highest BCUT2D eigenvalue weighted by Gasteiger charge is 2.15. The first-order valence-corrected chi connectivity index (χ1v) is 9.76. The van der Waals surface area contributed by atoms with Gasteiger partial charge in [0.1, 0.15) is 5.75 Å². The summed E-state index contributed by atoms with van der Waals surface area (Å²) in [6.07, 6.45) is -0.498. The van der Waals surface area contributed by atoms with Crippen molar-refractivity contribution in [3.63, 3.8) is 0 Å². The highest BCUT2D eigenvalue weighted by atomic mass is 32.2. The average molecular weight is 358 g/mol. The smallest absolute Gasteiger partial charge is 0.260 e. The molecule has 25 heavy (non-hydrogen) atoms. The van der Waals surface area contributed by atoms with E-state index in [4.69, 9.17) is 4.74 Å². The molecule has 0 saturated carbocycles. The second kappa shape index (κ2) is 9.52. The molecule has 0 bridgehead atoms. The van der Waals surface area contributed by atoms with Crippen LogP contribution >= 0.6 is 11.8 Å². The first kappa shape index (κ1) is 19.4. The van der Waals surface area contributed by atoms with E-state index in [1.54, 1.807) is 6.92 Å². The molecular formula is C21H27NO2S. The number of aryl methyl sites for hydroxylation is 3. The monoisotopic (exact) mass is 357 g/mol. The fraction of sp³-hybridized carbons (Fsp3) is 0.381. The van der Waals surface area contributed by atoms with E-state index in [0.717, 1.165) is 28.4 Å². The summed E-state index contributed by atoms with van der Waals surface area (Å²) in [6.45, 7) is 8.53. The number of rotatable bonds is 8. The molecule has 1 N–H and O–H groups in total. The van der Waals surface area contributed by atoms with Crippen LogP contribution in [0.25, 0.3) is 0 Å². The molecule has 0 aliphatic heterocycles. The van der Waals surface area contributed by atoms with Gasteiger partial charge in [0.25, 0.3) is 5.91 Å². The van der Waals surface area contributed by atoms with E-state index in [9.17, 15) is 4.79 Å². The lowest BCUT2D eigenvalue weighted by Crippen LogP contribution is -2.37. The fourth-order valence-electron chi connectivity index (χ4n) is 2.34. The van der Waals surface area contributed by atoms with Gasteiger partial charge in [-0.05, 0) is 50.5 Å². The maximum absolute atomic E-state index is 12.2. The van der Waals surface area contributed by atoms with Crippen LogP contribution in [0.2, 0.25) is 0 Å². The van der Waals surface area contributed by atoms with Crippen molar-refractivity contribution in [2.24, 2.45) is 0 Å². The van der Waals surface area contributed by atoms with Gasteiger partial charge in [-0.25, -0.2) is 0 Å². The summed E-state index contributed by atoms with van der Waals surface area (Å²) in [5, 5.41) is 2.95. The normalized spacial score (nSPS) is 11.8. The van der Waals surface area contributed by atoms with Crippen LogP contribution in [0.3, 0.4) is 0 Å². The molecule has 0 aliphatic carbocycles. The minimum Gasteiger partial charge on any atom is -0.481 e. The molecule has 0 spiro atoms. The van der Waals surface area contributed by atoms with Crippen molar-refractivity contribution in [3.05, 3.63) is 64.7 Å². The molecule has 1 amide bonds. The zero-order valence-electron chi connectivity index (χ0n) is 15.5. The highest BCUT2D eigenvalue weighted by Crippen LogP contribution is 2.20. The SMILES string of the molecule is Cc1ccc(CSCCNC(=O)[C@@H](C)Oc2cc(C)ccc2C)cc1. The molecule has 2 aromatic rings. The summed E-state index contributed by atoms with van der Waals surface area (Å²) in [4.78, 5) is 12.2. The van der Waals surface area contributed by atoms with Crippen molar-refractivity contribution in [1.29, 1.82) is 0 Å². The third-order valence-corrected chi connectivity index (χ3v) is 4.98. The Hall–Kier alpha value is -1.94. The lowest BCUT2D eigenvalue weighted by molar-refractivity contribution is -0.127. The Morgan fingerprint density at radius 2 is 1.76 bits per heavy atom. The third-order valence-electron chi connectivity index (χ3n) is 3.95. The molecule has 2 aromatic carbocycles. The number of hydrogen-bond acceptors (Lipinski definition) is 3. The maximum Gasteiger partial charge on any atom is 0.260 e. The fourth-order valence-corrected chi connectivity index (χ4v) is 3.16. The highest BCUT2D eigenvalue weighted by molar-refractivity contribution is 7.98. The van der Waals surface area contributed by atoms with Crippen LogP contribution < -0.4 is 10.1 Å². The number of benzene rings is 2. The van der Waals surface area contributed by atoms with E-state index in [-0.39, 0.29) is 5.91 Å². The van der Waals surface area contributed by atoms with Gasteiger partial charge < -0.3 is 10.1 Å². The summed E-state index contributed by atoms with van der Waals surface area (Å²) in [5.41, 5.74) is 4.76. The molecule has 0 fully saturated rings. The first-order chi connectivity index (χ1) is 12.0. The van der Waals surface area contributed by atoms with Gasteiger partial charge >= 0.3 is 0 Å². The quantitative estimate of drug-likeness (QED) is 0.710. The molecule has 1 atom stereocenters. The van der Waals surface area contributed by atoms with Crippen LogP contribution in [-0.4, -0.2) is 24.3 Å². The lowest BCUT2D eigenvalue weighted by Gasteiger charge is -2.16. The largest absolute Gasteiger partial charge is 0.481 e. The molecule has 0 aliphatic rings. The zero-order chi connectivity index (χ0) is 18.2. The Bertz CT molecular complexity index is 698. The van der Waals surface area contributed by atoms with Gasteiger partial charge in [0, 0.05) is 18.1 Å². The molecule has 2 rings (SSSR count). The van der Waals surface area contributed by atoms with Gasteiger partial charge in [-0.1, -0.05) is 42.0 Å². The van der Waals surface area contributed by atoms with Gasteiger partial charge in [0.15, 0.2) is 6.10 Å². The van der Waals surface area contributed by atoms with Gasteiger partial charge in [0.2, 0.25) is 0 Å². The topological polar surface area (TPSA) is 38.3 Å². The van der Waals surface area contributed by atoms with Crippen LogP contribution in [0.15, 0.2) is 42.5 Å². The van der Waals surface area contributed by atoms with E-state index >= 15 is 0 Å². The predicted molar refractivity (Wildman–Crippen MR) is 106 cm³/mol. The van der Waals surface area contributed by atoms with Gasteiger partial charge in [-0.15, -0.1) is 0 Å². The summed E-state index contributed by atoms with van der Waals surface area (Å²) < 4.78 is 5.81. The molecule has 0 aromatic heterocycles. The number of thioether (sulfide) groups is 1. The molecule has 0 radical (unpaired) electrons. The Balaban J connectivity index is 1.69. The third kappa shape index (κ3) is 6.46.